The summed E-state index contributed by atoms with van der Waals surface area (Å²) in [6.45, 7) is 8.96. The average Bonchev–Trinajstić information content (AvgIpc) is 3.10. The number of rotatable bonds is 9. The van der Waals surface area contributed by atoms with Gasteiger partial charge in [0.2, 0.25) is 11.7 Å². The van der Waals surface area contributed by atoms with E-state index in [0.29, 0.717) is 28.8 Å². The van der Waals surface area contributed by atoms with Crippen molar-refractivity contribution in [2.75, 3.05) is 5.75 Å². The molecule has 0 bridgehead atoms. The Morgan fingerprint density at radius 2 is 1.93 bits per heavy atom. The van der Waals surface area contributed by atoms with Crippen molar-refractivity contribution in [1.29, 1.82) is 0 Å². The summed E-state index contributed by atoms with van der Waals surface area (Å²) in [6, 6.07) is 7.64. The molecule has 8 heteroatoms. The van der Waals surface area contributed by atoms with Crippen LogP contribution >= 0.6 is 11.8 Å². The van der Waals surface area contributed by atoms with Gasteiger partial charge in [-0.05, 0) is 37.8 Å². The monoisotopic (exact) mass is 415 g/mol. The van der Waals surface area contributed by atoms with Crippen molar-refractivity contribution in [2.45, 2.75) is 64.7 Å². The van der Waals surface area contributed by atoms with E-state index in [2.05, 4.69) is 36.3 Å². The summed E-state index contributed by atoms with van der Waals surface area (Å²) in [6.07, 6.45) is 2.86. The van der Waals surface area contributed by atoms with Crippen LogP contribution in [0.2, 0.25) is 0 Å². The second-order valence-electron chi connectivity index (χ2n) is 7.82. The fraction of sp³-hybridized carbons (Fsp3) is 0.524. The van der Waals surface area contributed by atoms with Gasteiger partial charge in [0.25, 0.3) is 5.56 Å². The third kappa shape index (κ3) is 4.80. The van der Waals surface area contributed by atoms with Gasteiger partial charge < -0.3 is 5.32 Å². The maximum atomic E-state index is 13.0. The number of carbonyl (C=O) groups excluding carboxylic acids is 1. The summed E-state index contributed by atoms with van der Waals surface area (Å²) in [4.78, 5) is 25.3. The summed E-state index contributed by atoms with van der Waals surface area (Å²) in [5, 5.41) is 12.9. The Balaban J connectivity index is 1.95. The van der Waals surface area contributed by atoms with Crippen LogP contribution in [0.5, 0.6) is 0 Å². The molecular weight excluding hydrogens is 386 g/mol. The van der Waals surface area contributed by atoms with Gasteiger partial charge in [-0.15, -0.1) is 10.2 Å². The Kier molecular flexibility index (Phi) is 6.95. The highest BCUT2D eigenvalue weighted by atomic mass is 32.2. The Labute approximate surface area is 174 Å². The molecule has 0 saturated heterocycles. The van der Waals surface area contributed by atoms with Crippen molar-refractivity contribution in [1.82, 2.24) is 24.5 Å². The summed E-state index contributed by atoms with van der Waals surface area (Å²) < 4.78 is 3.59. The van der Waals surface area contributed by atoms with Crippen LogP contribution in [-0.4, -0.2) is 36.9 Å². The van der Waals surface area contributed by atoms with Crippen LogP contribution in [0.3, 0.4) is 0 Å². The number of thioether (sulfide) groups is 1. The molecule has 1 atom stereocenters. The van der Waals surface area contributed by atoms with Crippen LogP contribution < -0.4 is 10.9 Å². The van der Waals surface area contributed by atoms with Crippen molar-refractivity contribution >= 4 is 34.3 Å². The highest BCUT2D eigenvalue weighted by Crippen LogP contribution is 2.22. The molecule has 7 nitrogen and oxygen atoms in total. The molecule has 0 aliphatic carbocycles. The Bertz CT molecular complexity index is 1060. The van der Waals surface area contributed by atoms with Gasteiger partial charge >= 0.3 is 0 Å². The molecule has 2 aromatic heterocycles. The molecule has 0 fully saturated rings. The van der Waals surface area contributed by atoms with E-state index in [1.54, 1.807) is 4.57 Å². The molecule has 3 rings (SSSR count). The number of nitrogens with zero attached hydrogens (tertiary/aromatic N) is 4. The first-order valence-corrected chi connectivity index (χ1v) is 11.2. The molecule has 2 heterocycles. The van der Waals surface area contributed by atoms with Crippen molar-refractivity contribution in [3.8, 4) is 0 Å². The van der Waals surface area contributed by atoms with E-state index in [-0.39, 0.29) is 23.3 Å². The quantitative estimate of drug-likeness (QED) is 0.541. The van der Waals surface area contributed by atoms with Crippen LogP contribution in [0.25, 0.3) is 16.7 Å². The van der Waals surface area contributed by atoms with E-state index in [1.165, 1.54) is 11.8 Å². The second kappa shape index (κ2) is 9.43. The highest BCUT2D eigenvalue weighted by molar-refractivity contribution is 7.99. The molecule has 1 N–H and O–H groups in total. The van der Waals surface area contributed by atoms with E-state index in [4.69, 9.17) is 0 Å². The minimum atomic E-state index is -0.0520. The molecule has 1 aromatic carbocycles. The zero-order valence-electron chi connectivity index (χ0n) is 17.5. The molecule has 156 valence electrons. The van der Waals surface area contributed by atoms with E-state index >= 15 is 0 Å². The predicted molar refractivity (Wildman–Crippen MR) is 117 cm³/mol. The smallest absolute Gasteiger partial charge is 0.262 e. The second-order valence-corrected chi connectivity index (χ2v) is 8.76. The third-order valence-corrected chi connectivity index (χ3v) is 5.80. The number of hydrogen-bond acceptors (Lipinski definition) is 5. The zero-order valence-corrected chi connectivity index (χ0v) is 18.3. The number of aromatic nitrogens is 4. The van der Waals surface area contributed by atoms with Crippen LogP contribution in [0.4, 0.5) is 0 Å². The van der Waals surface area contributed by atoms with E-state index < -0.39 is 0 Å². The normalized spacial score (nSPS) is 12.7. The lowest BCUT2D eigenvalue weighted by molar-refractivity contribution is -0.119. The summed E-state index contributed by atoms with van der Waals surface area (Å²) in [5.41, 5.74) is 0.712. The zero-order chi connectivity index (χ0) is 21.0. The molecular formula is C21H29N5O2S. The molecule has 0 radical (unpaired) electrons. The minimum Gasteiger partial charge on any atom is -0.353 e. The fourth-order valence-electron chi connectivity index (χ4n) is 3.37. The third-order valence-electron chi connectivity index (χ3n) is 4.87. The molecule has 1 amide bonds. The van der Waals surface area contributed by atoms with Crippen molar-refractivity contribution in [3.63, 3.8) is 0 Å². The maximum Gasteiger partial charge on any atom is 0.262 e. The van der Waals surface area contributed by atoms with E-state index in [1.807, 2.05) is 35.6 Å². The van der Waals surface area contributed by atoms with E-state index in [0.717, 1.165) is 24.8 Å². The first-order chi connectivity index (χ1) is 13.9. The van der Waals surface area contributed by atoms with Gasteiger partial charge in [-0.3, -0.25) is 18.6 Å². The van der Waals surface area contributed by atoms with Crippen LogP contribution in [-0.2, 0) is 11.3 Å². The number of carbonyl (C=O) groups is 1. The Hall–Kier alpha value is -2.35. The molecule has 3 aromatic rings. The lowest BCUT2D eigenvalue weighted by atomic mass is 10.1. The van der Waals surface area contributed by atoms with Gasteiger partial charge in [-0.25, -0.2) is 0 Å². The number of hydrogen-bond donors (Lipinski definition) is 1. The summed E-state index contributed by atoms with van der Waals surface area (Å²) in [7, 11) is 0. The molecule has 29 heavy (non-hydrogen) atoms. The van der Waals surface area contributed by atoms with E-state index in [9.17, 15) is 9.59 Å². The molecule has 0 saturated carbocycles. The standard InChI is InChI=1S/C21H29N5O2S/c1-5-8-15(4)22-18(27)13-29-21-24-23-20-25(12-11-14(2)3)19(28)16-9-6-7-10-17(16)26(20)21/h6-7,9-10,14-15H,5,8,11-13H2,1-4H3,(H,22,27)/t15-/m0/s1. The largest absolute Gasteiger partial charge is 0.353 e. The average molecular weight is 416 g/mol. The van der Waals surface area contributed by atoms with Gasteiger partial charge in [-0.1, -0.05) is 51.1 Å². The van der Waals surface area contributed by atoms with Crippen LogP contribution in [0.15, 0.2) is 34.2 Å². The SMILES string of the molecule is CCC[C@H](C)NC(=O)CSc1nnc2n(CCC(C)C)c(=O)c3ccccc3n12. The van der Waals surface area contributed by atoms with Crippen LogP contribution in [0, 0.1) is 5.92 Å². The first kappa shape index (κ1) is 21.4. The molecule has 0 unspecified atom stereocenters. The van der Waals surface area contributed by atoms with Crippen molar-refractivity contribution < 1.29 is 4.79 Å². The highest BCUT2D eigenvalue weighted by Gasteiger charge is 2.18. The Morgan fingerprint density at radius 3 is 2.66 bits per heavy atom. The fourth-order valence-corrected chi connectivity index (χ4v) is 4.12. The lowest BCUT2D eigenvalue weighted by Gasteiger charge is -2.13. The van der Waals surface area contributed by atoms with Gasteiger partial charge in [0, 0.05) is 12.6 Å². The number of fused-ring (bicyclic) bond motifs is 3. The topological polar surface area (TPSA) is 81.3 Å². The summed E-state index contributed by atoms with van der Waals surface area (Å²) in [5.74, 6) is 1.23. The Morgan fingerprint density at radius 1 is 1.17 bits per heavy atom. The van der Waals surface area contributed by atoms with Gasteiger partial charge in [0.15, 0.2) is 5.16 Å². The predicted octanol–water partition coefficient (Wildman–Crippen LogP) is 3.49. The minimum absolute atomic E-state index is 0.0230. The van der Waals surface area contributed by atoms with Gasteiger partial charge in [0.1, 0.15) is 0 Å². The number of nitrogens with one attached hydrogen (secondary N) is 1. The number of para-hydroxylation sites is 1. The number of benzene rings is 1. The van der Waals surface area contributed by atoms with Crippen molar-refractivity contribution in [3.05, 3.63) is 34.6 Å². The van der Waals surface area contributed by atoms with Crippen molar-refractivity contribution in [2.24, 2.45) is 5.92 Å². The van der Waals surface area contributed by atoms with Crippen LogP contribution in [0.1, 0.15) is 47.0 Å². The lowest BCUT2D eigenvalue weighted by Crippen LogP contribution is -2.33. The molecule has 0 spiro atoms. The molecule has 0 aliphatic heterocycles. The number of aryl methyl sites for hydroxylation is 1. The maximum absolute atomic E-state index is 13.0. The first-order valence-electron chi connectivity index (χ1n) is 10.2. The van der Waals surface area contributed by atoms with Gasteiger partial charge in [0.05, 0.1) is 16.7 Å². The number of amides is 1. The molecule has 0 aliphatic rings. The van der Waals surface area contributed by atoms with Gasteiger partial charge in [-0.2, -0.15) is 0 Å². The summed E-state index contributed by atoms with van der Waals surface area (Å²) >= 11 is 1.34.